The minimum absolute atomic E-state index is 0.276. The van der Waals surface area contributed by atoms with Crippen molar-refractivity contribution in [1.82, 2.24) is 15.0 Å². The van der Waals surface area contributed by atoms with Gasteiger partial charge >= 0.3 is 0 Å². The summed E-state index contributed by atoms with van der Waals surface area (Å²) in [5, 5.41) is 4.72. The van der Waals surface area contributed by atoms with Crippen molar-refractivity contribution in [3.05, 3.63) is 54.7 Å². The smallest absolute Gasteiger partial charge is 0.274 e. The van der Waals surface area contributed by atoms with E-state index >= 15 is 0 Å². The third-order valence-electron chi connectivity index (χ3n) is 4.60. The van der Waals surface area contributed by atoms with Crippen LogP contribution in [0.2, 0.25) is 0 Å². The molecule has 0 unspecified atom stereocenters. The van der Waals surface area contributed by atoms with Gasteiger partial charge in [-0.2, -0.15) is 0 Å². The van der Waals surface area contributed by atoms with Crippen molar-refractivity contribution >= 4 is 22.4 Å². The largest absolute Gasteiger partial charge is 0.477 e. The van der Waals surface area contributed by atoms with Crippen LogP contribution in [0.4, 0.5) is 5.69 Å². The van der Waals surface area contributed by atoms with E-state index in [1.54, 1.807) is 12.3 Å². The molecule has 1 saturated heterocycles. The third kappa shape index (κ3) is 4.20. The van der Waals surface area contributed by atoms with Crippen LogP contribution >= 0.6 is 0 Å². The monoisotopic (exact) mass is 364 g/mol. The van der Waals surface area contributed by atoms with Crippen molar-refractivity contribution in [3.63, 3.8) is 0 Å². The Morgan fingerprint density at radius 3 is 2.85 bits per heavy atom. The van der Waals surface area contributed by atoms with E-state index in [0.29, 0.717) is 29.8 Å². The maximum absolute atomic E-state index is 12.2. The molecular weight excluding hydrogens is 344 g/mol. The maximum atomic E-state index is 12.2. The van der Waals surface area contributed by atoms with E-state index < -0.39 is 0 Å². The van der Waals surface area contributed by atoms with Crippen molar-refractivity contribution in [3.8, 4) is 5.88 Å². The average Bonchev–Trinajstić information content (AvgIpc) is 2.73. The van der Waals surface area contributed by atoms with Gasteiger partial charge in [0.15, 0.2) is 0 Å². The Morgan fingerprint density at radius 2 is 2.04 bits per heavy atom. The molecule has 1 N–H and O–H groups in total. The Morgan fingerprint density at radius 1 is 1.15 bits per heavy atom. The minimum Gasteiger partial charge on any atom is -0.477 e. The summed E-state index contributed by atoms with van der Waals surface area (Å²) >= 11 is 0. The van der Waals surface area contributed by atoms with Gasteiger partial charge in [-0.1, -0.05) is 0 Å². The van der Waals surface area contributed by atoms with Crippen LogP contribution in [0.5, 0.6) is 5.88 Å². The molecule has 4 rings (SSSR count). The van der Waals surface area contributed by atoms with E-state index in [4.69, 9.17) is 9.47 Å². The van der Waals surface area contributed by atoms with Crippen LogP contribution in [0.1, 0.15) is 23.3 Å². The summed E-state index contributed by atoms with van der Waals surface area (Å²) in [4.78, 5) is 24.4. The van der Waals surface area contributed by atoms with Gasteiger partial charge in [0.2, 0.25) is 5.88 Å². The third-order valence-corrected chi connectivity index (χ3v) is 4.60. The fourth-order valence-corrected chi connectivity index (χ4v) is 3.07. The molecule has 3 aromatic rings. The molecule has 138 valence electrons. The van der Waals surface area contributed by atoms with Gasteiger partial charge in [-0.25, -0.2) is 15.0 Å². The van der Waals surface area contributed by atoms with E-state index in [1.807, 2.05) is 24.3 Å². The highest BCUT2D eigenvalue weighted by atomic mass is 16.5. The Kier molecular flexibility index (Phi) is 5.20. The summed E-state index contributed by atoms with van der Waals surface area (Å²) in [6.45, 7) is 2.24. The SMILES string of the molecule is O=C(Nc1ccc2c(OCC3CCOCC3)nccc2c1)c1ccncn1. The van der Waals surface area contributed by atoms with Crippen LogP contribution in [0.15, 0.2) is 49.1 Å². The molecule has 1 aliphatic rings. The minimum atomic E-state index is -0.276. The molecule has 27 heavy (non-hydrogen) atoms. The first kappa shape index (κ1) is 17.4. The zero-order valence-electron chi connectivity index (χ0n) is 14.8. The first-order chi connectivity index (χ1) is 13.3. The first-order valence-electron chi connectivity index (χ1n) is 8.96. The number of benzene rings is 1. The summed E-state index contributed by atoms with van der Waals surface area (Å²) in [5.74, 6) is 0.844. The van der Waals surface area contributed by atoms with Crippen LogP contribution in [0, 0.1) is 5.92 Å². The van der Waals surface area contributed by atoms with E-state index in [9.17, 15) is 4.79 Å². The number of carbonyl (C=O) groups excluding carboxylic acids is 1. The highest BCUT2D eigenvalue weighted by Crippen LogP contribution is 2.27. The fourth-order valence-electron chi connectivity index (χ4n) is 3.07. The average molecular weight is 364 g/mol. The van der Waals surface area contributed by atoms with E-state index in [2.05, 4.69) is 20.3 Å². The number of anilines is 1. The quantitative estimate of drug-likeness (QED) is 0.749. The van der Waals surface area contributed by atoms with Crippen molar-refractivity contribution in [2.45, 2.75) is 12.8 Å². The first-order valence-corrected chi connectivity index (χ1v) is 8.96. The second-order valence-electron chi connectivity index (χ2n) is 6.47. The number of rotatable bonds is 5. The molecule has 0 aliphatic carbocycles. The molecule has 0 saturated carbocycles. The lowest BCUT2D eigenvalue weighted by molar-refractivity contribution is 0.0493. The molecule has 1 amide bonds. The van der Waals surface area contributed by atoms with Gasteiger partial charge in [0.05, 0.1) is 6.61 Å². The number of pyridine rings is 1. The van der Waals surface area contributed by atoms with Gasteiger partial charge < -0.3 is 14.8 Å². The lowest BCUT2D eigenvalue weighted by atomic mass is 10.0. The number of aromatic nitrogens is 3. The molecule has 2 aromatic heterocycles. The summed E-state index contributed by atoms with van der Waals surface area (Å²) in [6, 6.07) is 9.12. The Labute approximate surface area is 156 Å². The van der Waals surface area contributed by atoms with Crippen LogP contribution in [0.25, 0.3) is 10.8 Å². The number of fused-ring (bicyclic) bond motifs is 1. The lowest BCUT2D eigenvalue weighted by Gasteiger charge is -2.22. The van der Waals surface area contributed by atoms with Gasteiger partial charge in [-0.05, 0) is 54.5 Å². The second-order valence-corrected chi connectivity index (χ2v) is 6.47. The molecule has 1 aliphatic heterocycles. The van der Waals surface area contributed by atoms with Crippen molar-refractivity contribution in [2.24, 2.45) is 5.92 Å². The van der Waals surface area contributed by atoms with Crippen LogP contribution in [-0.2, 0) is 4.74 Å². The normalized spacial score (nSPS) is 14.8. The topological polar surface area (TPSA) is 86.2 Å². The van der Waals surface area contributed by atoms with Gasteiger partial charge in [0.1, 0.15) is 12.0 Å². The Balaban J connectivity index is 1.48. The summed E-state index contributed by atoms with van der Waals surface area (Å²) in [6.07, 6.45) is 6.64. The Hall–Kier alpha value is -3.06. The number of nitrogens with one attached hydrogen (secondary N) is 1. The van der Waals surface area contributed by atoms with Crippen LogP contribution < -0.4 is 10.1 Å². The predicted molar refractivity (Wildman–Crippen MR) is 101 cm³/mol. The molecule has 0 spiro atoms. The zero-order valence-corrected chi connectivity index (χ0v) is 14.8. The summed E-state index contributed by atoms with van der Waals surface area (Å²) < 4.78 is 11.4. The van der Waals surface area contributed by atoms with E-state index in [-0.39, 0.29) is 5.91 Å². The van der Waals surface area contributed by atoms with Gasteiger partial charge in [0.25, 0.3) is 5.91 Å². The highest BCUT2D eigenvalue weighted by molar-refractivity contribution is 6.04. The number of ether oxygens (including phenoxy) is 2. The van der Waals surface area contributed by atoms with Crippen molar-refractivity contribution < 1.29 is 14.3 Å². The van der Waals surface area contributed by atoms with Crippen molar-refractivity contribution in [1.29, 1.82) is 0 Å². The molecule has 0 bridgehead atoms. The fraction of sp³-hybridized carbons (Fsp3) is 0.300. The van der Waals surface area contributed by atoms with Gasteiger partial charge in [-0.3, -0.25) is 4.79 Å². The number of carbonyl (C=O) groups is 1. The van der Waals surface area contributed by atoms with Crippen LogP contribution in [-0.4, -0.2) is 40.7 Å². The van der Waals surface area contributed by atoms with Crippen LogP contribution in [0.3, 0.4) is 0 Å². The molecule has 7 heteroatoms. The number of hydrogen-bond acceptors (Lipinski definition) is 6. The highest BCUT2D eigenvalue weighted by Gasteiger charge is 2.15. The predicted octanol–water partition coefficient (Wildman–Crippen LogP) is 3.08. The van der Waals surface area contributed by atoms with Gasteiger partial charge in [-0.15, -0.1) is 0 Å². The molecule has 0 radical (unpaired) electrons. The second kappa shape index (κ2) is 8.09. The lowest BCUT2D eigenvalue weighted by Crippen LogP contribution is -2.21. The molecule has 0 atom stereocenters. The Bertz CT molecular complexity index is 927. The van der Waals surface area contributed by atoms with E-state index in [0.717, 1.165) is 36.8 Å². The molecule has 7 nitrogen and oxygen atoms in total. The molecule has 1 aromatic carbocycles. The molecular formula is C20H20N4O3. The summed E-state index contributed by atoms with van der Waals surface area (Å²) in [7, 11) is 0. The maximum Gasteiger partial charge on any atom is 0.274 e. The standard InChI is InChI=1S/C20H20N4O3/c25-19(18-4-7-21-13-23-18)24-16-1-2-17-15(11-16)3-8-22-20(17)27-12-14-5-9-26-10-6-14/h1-4,7-8,11,13-14H,5-6,9-10,12H2,(H,24,25). The number of hydrogen-bond donors (Lipinski definition) is 1. The van der Waals surface area contributed by atoms with Gasteiger partial charge in [0, 0.05) is 36.7 Å². The number of nitrogens with zero attached hydrogens (tertiary/aromatic N) is 3. The van der Waals surface area contributed by atoms with Crippen molar-refractivity contribution in [2.75, 3.05) is 25.1 Å². The summed E-state index contributed by atoms with van der Waals surface area (Å²) in [5.41, 5.74) is 1.01. The van der Waals surface area contributed by atoms with E-state index in [1.165, 1.54) is 12.5 Å². The molecule has 1 fully saturated rings. The molecule has 3 heterocycles. The zero-order chi connectivity index (χ0) is 18.5. The number of amides is 1.